The molecule has 0 saturated carbocycles. The van der Waals surface area contributed by atoms with Crippen LogP contribution in [0.3, 0.4) is 0 Å². The van der Waals surface area contributed by atoms with Crippen molar-refractivity contribution in [3.05, 3.63) is 24.0 Å². The fraction of sp³-hybridized carbons (Fsp3) is 0.615. The molecule has 0 spiro atoms. The van der Waals surface area contributed by atoms with E-state index in [4.69, 9.17) is 4.74 Å². The molecule has 19 heavy (non-hydrogen) atoms. The molecule has 6 heteroatoms. The van der Waals surface area contributed by atoms with E-state index in [-0.39, 0.29) is 0 Å². The monoisotopic (exact) mass is 261 g/mol. The number of aromatic nitrogens is 5. The van der Waals surface area contributed by atoms with Crippen LogP contribution in [-0.2, 0) is 26.1 Å². The van der Waals surface area contributed by atoms with Crippen molar-refractivity contribution in [2.75, 3.05) is 0 Å². The summed E-state index contributed by atoms with van der Waals surface area (Å²) in [4.78, 5) is 0. The van der Waals surface area contributed by atoms with E-state index < -0.39 is 0 Å². The van der Waals surface area contributed by atoms with Gasteiger partial charge >= 0.3 is 0 Å². The fourth-order valence-electron chi connectivity index (χ4n) is 2.39. The van der Waals surface area contributed by atoms with Gasteiger partial charge in [-0.15, -0.1) is 10.2 Å². The summed E-state index contributed by atoms with van der Waals surface area (Å²) < 4.78 is 9.81. The van der Waals surface area contributed by atoms with Crippen LogP contribution in [-0.4, -0.2) is 24.5 Å². The fourth-order valence-corrected chi connectivity index (χ4v) is 2.39. The highest BCUT2D eigenvalue weighted by molar-refractivity contribution is 5.12. The third-order valence-electron chi connectivity index (χ3n) is 3.37. The molecule has 0 atom stereocenters. The maximum Gasteiger partial charge on any atom is 0.171 e. The van der Waals surface area contributed by atoms with E-state index in [1.165, 1.54) is 12.8 Å². The van der Waals surface area contributed by atoms with Crippen LogP contribution < -0.4 is 4.74 Å². The molecule has 0 saturated heterocycles. The molecule has 0 N–H and O–H groups in total. The van der Waals surface area contributed by atoms with E-state index in [2.05, 4.69) is 26.8 Å². The van der Waals surface area contributed by atoms with Crippen LogP contribution in [0.5, 0.6) is 5.75 Å². The number of ether oxygens (including phenoxy) is 1. The zero-order chi connectivity index (χ0) is 13.1. The molecule has 2 aromatic rings. The minimum atomic E-state index is 0.463. The minimum absolute atomic E-state index is 0.463. The Labute approximate surface area is 112 Å². The third kappa shape index (κ3) is 2.62. The van der Waals surface area contributed by atoms with E-state index >= 15 is 0 Å². The maximum absolute atomic E-state index is 5.74. The lowest BCUT2D eigenvalue weighted by molar-refractivity contribution is 0.285. The van der Waals surface area contributed by atoms with E-state index in [0.717, 1.165) is 43.3 Å². The predicted molar refractivity (Wildman–Crippen MR) is 69.8 cm³/mol. The standard InChI is InChI=1S/C13H19N5O/c1-2-6-17-9-11(8-14-17)19-10-13-16-15-12-5-3-4-7-18(12)13/h8-9H,2-7,10H2,1H3. The molecule has 0 aromatic carbocycles. The van der Waals surface area contributed by atoms with Crippen molar-refractivity contribution >= 4 is 0 Å². The number of hydrogen-bond acceptors (Lipinski definition) is 4. The first-order chi connectivity index (χ1) is 9.36. The Morgan fingerprint density at radius 3 is 3.16 bits per heavy atom. The highest BCUT2D eigenvalue weighted by Crippen LogP contribution is 2.16. The highest BCUT2D eigenvalue weighted by atomic mass is 16.5. The van der Waals surface area contributed by atoms with Crippen LogP contribution >= 0.6 is 0 Å². The summed E-state index contributed by atoms with van der Waals surface area (Å²) in [5, 5.41) is 12.7. The Bertz CT molecular complexity index is 545. The molecule has 0 unspecified atom stereocenters. The van der Waals surface area contributed by atoms with Crippen molar-refractivity contribution in [2.24, 2.45) is 0 Å². The second-order valence-electron chi connectivity index (χ2n) is 4.87. The molecule has 102 valence electrons. The molecule has 0 radical (unpaired) electrons. The van der Waals surface area contributed by atoms with E-state index in [0.29, 0.717) is 6.61 Å². The number of hydrogen-bond donors (Lipinski definition) is 0. The average molecular weight is 261 g/mol. The zero-order valence-electron chi connectivity index (χ0n) is 11.2. The Morgan fingerprint density at radius 1 is 1.32 bits per heavy atom. The van der Waals surface area contributed by atoms with Gasteiger partial charge in [-0.25, -0.2) is 0 Å². The minimum Gasteiger partial charge on any atom is -0.482 e. The largest absolute Gasteiger partial charge is 0.482 e. The van der Waals surface area contributed by atoms with Crippen molar-refractivity contribution < 1.29 is 4.74 Å². The van der Waals surface area contributed by atoms with Gasteiger partial charge in [-0.2, -0.15) is 5.10 Å². The van der Waals surface area contributed by atoms with Crippen LogP contribution in [0.2, 0.25) is 0 Å². The molecule has 3 rings (SSSR count). The normalized spacial score (nSPS) is 14.4. The van der Waals surface area contributed by atoms with E-state index in [1.54, 1.807) is 6.20 Å². The topological polar surface area (TPSA) is 57.8 Å². The lowest BCUT2D eigenvalue weighted by Crippen LogP contribution is -2.14. The molecular formula is C13H19N5O. The van der Waals surface area contributed by atoms with Crippen molar-refractivity contribution in [2.45, 2.75) is 52.3 Å². The quantitative estimate of drug-likeness (QED) is 0.823. The summed E-state index contributed by atoms with van der Waals surface area (Å²) in [5.74, 6) is 2.80. The summed E-state index contributed by atoms with van der Waals surface area (Å²) in [6.07, 6.45) is 8.19. The van der Waals surface area contributed by atoms with Gasteiger partial charge in [-0.1, -0.05) is 6.92 Å². The Morgan fingerprint density at radius 2 is 2.26 bits per heavy atom. The first kappa shape index (κ1) is 12.2. The van der Waals surface area contributed by atoms with E-state index in [1.807, 2.05) is 10.9 Å². The molecule has 1 aliphatic rings. The van der Waals surface area contributed by atoms with Crippen molar-refractivity contribution in [1.82, 2.24) is 24.5 Å². The van der Waals surface area contributed by atoms with Gasteiger partial charge in [-0.05, 0) is 19.3 Å². The molecular weight excluding hydrogens is 242 g/mol. The Hall–Kier alpha value is -1.85. The maximum atomic E-state index is 5.74. The SMILES string of the molecule is CCCn1cc(OCc2nnc3n2CCCC3)cn1. The van der Waals surface area contributed by atoms with Gasteiger partial charge in [0, 0.05) is 19.5 Å². The van der Waals surface area contributed by atoms with Crippen molar-refractivity contribution in [3.63, 3.8) is 0 Å². The molecule has 2 aromatic heterocycles. The molecule has 0 aliphatic carbocycles. The molecule has 0 bridgehead atoms. The van der Waals surface area contributed by atoms with Crippen molar-refractivity contribution in [1.29, 1.82) is 0 Å². The van der Waals surface area contributed by atoms with Crippen LogP contribution in [0.1, 0.15) is 37.8 Å². The van der Waals surface area contributed by atoms with Gasteiger partial charge in [-0.3, -0.25) is 4.68 Å². The lowest BCUT2D eigenvalue weighted by atomic mass is 10.2. The molecule has 6 nitrogen and oxygen atoms in total. The van der Waals surface area contributed by atoms with Gasteiger partial charge < -0.3 is 9.30 Å². The molecule has 3 heterocycles. The van der Waals surface area contributed by atoms with E-state index in [9.17, 15) is 0 Å². The van der Waals surface area contributed by atoms with Gasteiger partial charge in [0.1, 0.15) is 12.4 Å². The first-order valence-electron chi connectivity index (χ1n) is 6.93. The Balaban J connectivity index is 1.63. The summed E-state index contributed by atoms with van der Waals surface area (Å²) in [6.45, 7) is 4.52. The second kappa shape index (κ2) is 5.42. The van der Waals surface area contributed by atoms with Crippen molar-refractivity contribution in [3.8, 4) is 5.75 Å². The summed E-state index contributed by atoms with van der Waals surface area (Å²) in [5.41, 5.74) is 0. The van der Waals surface area contributed by atoms with Gasteiger partial charge in [0.25, 0.3) is 0 Å². The van der Waals surface area contributed by atoms with Crippen LogP contribution in [0.15, 0.2) is 12.4 Å². The molecule has 0 fully saturated rings. The molecule has 0 amide bonds. The summed E-state index contributed by atoms with van der Waals surface area (Å²) in [7, 11) is 0. The third-order valence-corrected chi connectivity index (χ3v) is 3.37. The summed E-state index contributed by atoms with van der Waals surface area (Å²) >= 11 is 0. The smallest absolute Gasteiger partial charge is 0.171 e. The van der Waals surface area contributed by atoms with Gasteiger partial charge in [0.2, 0.25) is 0 Å². The summed E-state index contributed by atoms with van der Waals surface area (Å²) in [6, 6.07) is 0. The van der Waals surface area contributed by atoms with Gasteiger partial charge in [0.05, 0.1) is 12.4 Å². The lowest BCUT2D eigenvalue weighted by Gasteiger charge is -2.14. The predicted octanol–water partition coefficient (Wildman–Crippen LogP) is 1.80. The number of rotatable bonds is 5. The van der Waals surface area contributed by atoms with Crippen LogP contribution in [0.4, 0.5) is 0 Å². The Kier molecular flexibility index (Phi) is 3.48. The van der Waals surface area contributed by atoms with Crippen LogP contribution in [0.25, 0.3) is 0 Å². The number of aryl methyl sites for hydroxylation is 2. The number of nitrogens with zero attached hydrogens (tertiary/aromatic N) is 5. The molecule has 1 aliphatic heterocycles. The average Bonchev–Trinajstić information content (AvgIpc) is 3.04. The van der Waals surface area contributed by atoms with Gasteiger partial charge in [0.15, 0.2) is 11.6 Å². The van der Waals surface area contributed by atoms with Crippen LogP contribution in [0, 0.1) is 0 Å². The highest BCUT2D eigenvalue weighted by Gasteiger charge is 2.15. The number of fused-ring (bicyclic) bond motifs is 1. The zero-order valence-corrected chi connectivity index (χ0v) is 11.2. The second-order valence-corrected chi connectivity index (χ2v) is 4.87. The first-order valence-corrected chi connectivity index (χ1v) is 6.93.